The minimum absolute atomic E-state index is 0.0476. The second-order valence-corrected chi connectivity index (χ2v) is 3.53. The van der Waals surface area contributed by atoms with Crippen molar-refractivity contribution in [2.75, 3.05) is 4.90 Å². The molecule has 3 heteroatoms. The van der Waals surface area contributed by atoms with Gasteiger partial charge >= 0.3 is 6.09 Å². The van der Waals surface area contributed by atoms with Crippen LogP contribution in [0.2, 0.25) is 0 Å². The first-order chi connectivity index (χ1) is 6.54. The second-order valence-electron chi connectivity index (χ2n) is 3.53. The number of para-hydroxylation sites is 1. The highest BCUT2D eigenvalue weighted by atomic mass is 16.4. The van der Waals surface area contributed by atoms with Gasteiger partial charge in [-0.1, -0.05) is 18.2 Å². The van der Waals surface area contributed by atoms with Crippen molar-refractivity contribution in [2.45, 2.75) is 26.8 Å². The zero-order chi connectivity index (χ0) is 10.7. The van der Waals surface area contributed by atoms with E-state index in [0.29, 0.717) is 0 Å². The minimum Gasteiger partial charge on any atom is -0.465 e. The third-order valence-electron chi connectivity index (χ3n) is 2.10. The molecule has 0 atom stereocenters. The molecule has 0 aliphatic heterocycles. The van der Waals surface area contributed by atoms with Gasteiger partial charge in [-0.3, -0.25) is 4.90 Å². The maximum atomic E-state index is 11.0. The van der Waals surface area contributed by atoms with Gasteiger partial charge in [-0.05, 0) is 32.4 Å². The Morgan fingerprint density at radius 2 is 1.93 bits per heavy atom. The Morgan fingerprint density at radius 3 is 2.36 bits per heavy atom. The number of carboxylic acid groups (broad SMARTS) is 1. The molecule has 1 amide bonds. The fourth-order valence-corrected chi connectivity index (χ4v) is 1.44. The number of aryl methyl sites for hydroxylation is 1. The average molecular weight is 193 g/mol. The summed E-state index contributed by atoms with van der Waals surface area (Å²) in [5, 5.41) is 9.05. The van der Waals surface area contributed by atoms with Crippen LogP contribution >= 0.6 is 0 Å². The first-order valence-corrected chi connectivity index (χ1v) is 4.62. The number of rotatable bonds is 2. The van der Waals surface area contributed by atoms with E-state index < -0.39 is 6.09 Å². The van der Waals surface area contributed by atoms with Gasteiger partial charge < -0.3 is 5.11 Å². The van der Waals surface area contributed by atoms with Crippen molar-refractivity contribution in [2.24, 2.45) is 0 Å². The molecule has 0 spiro atoms. The molecule has 76 valence electrons. The van der Waals surface area contributed by atoms with Crippen molar-refractivity contribution >= 4 is 11.8 Å². The van der Waals surface area contributed by atoms with Crippen LogP contribution in [-0.2, 0) is 0 Å². The molecule has 0 aliphatic carbocycles. The highest BCUT2D eigenvalue weighted by Crippen LogP contribution is 2.21. The largest absolute Gasteiger partial charge is 0.465 e. The van der Waals surface area contributed by atoms with Crippen molar-refractivity contribution in [3.05, 3.63) is 29.8 Å². The quantitative estimate of drug-likeness (QED) is 0.784. The Morgan fingerprint density at radius 1 is 1.36 bits per heavy atom. The highest BCUT2D eigenvalue weighted by molar-refractivity contribution is 5.87. The van der Waals surface area contributed by atoms with E-state index in [0.717, 1.165) is 11.3 Å². The van der Waals surface area contributed by atoms with Crippen molar-refractivity contribution < 1.29 is 9.90 Å². The van der Waals surface area contributed by atoms with Gasteiger partial charge in [0.2, 0.25) is 0 Å². The molecule has 0 fully saturated rings. The number of nitrogens with zero attached hydrogens (tertiary/aromatic N) is 1. The van der Waals surface area contributed by atoms with Gasteiger partial charge in [-0.15, -0.1) is 0 Å². The molecule has 0 unspecified atom stereocenters. The lowest BCUT2D eigenvalue weighted by atomic mass is 10.1. The van der Waals surface area contributed by atoms with Crippen LogP contribution in [0.15, 0.2) is 24.3 Å². The molecule has 0 heterocycles. The number of amides is 1. The van der Waals surface area contributed by atoms with Gasteiger partial charge in [0.15, 0.2) is 0 Å². The molecule has 14 heavy (non-hydrogen) atoms. The lowest BCUT2D eigenvalue weighted by molar-refractivity contribution is 0.200. The number of anilines is 1. The molecule has 1 aromatic carbocycles. The lowest BCUT2D eigenvalue weighted by Gasteiger charge is -2.24. The van der Waals surface area contributed by atoms with Gasteiger partial charge in [-0.2, -0.15) is 0 Å². The maximum absolute atomic E-state index is 11.0. The van der Waals surface area contributed by atoms with Crippen molar-refractivity contribution in [1.29, 1.82) is 0 Å². The van der Waals surface area contributed by atoms with Crippen molar-refractivity contribution in [3.8, 4) is 0 Å². The summed E-state index contributed by atoms with van der Waals surface area (Å²) in [5.74, 6) is 0. The molecule has 3 nitrogen and oxygen atoms in total. The lowest BCUT2D eigenvalue weighted by Crippen LogP contribution is -2.36. The van der Waals surface area contributed by atoms with Gasteiger partial charge in [0.1, 0.15) is 0 Å². The molecule has 0 saturated heterocycles. The zero-order valence-corrected chi connectivity index (χ0v) is 8.69. The fraction of sp³-hybridized carbons (Fsp3) is 0.364. The molecule has 0 aromatic heterocycles. The Bertz CT molecular complexity index is 334. The topological polar surface area (TPSA) is 40.5 Å². The zero-order valence-electron chi connectivity index (χ0n) is 8.69. The molecule has 0 saturated carbocycles. The average Bonchev–Trinajstić information content (AvgIpc) is 2.07. The molecule has 0 aliphatic rings. The first-order valence-electron chi connectivity index (χ1n) is 4.62. The van der Waals surface area contributed by atoms with Crippen LogP contribution < -0.4 is 4.90 Å². The van der Waals surface area contributed by atoms with E-state index in [4.69, 9.17) is 5.11 Å². The third kappa shape index (κ3) is 2.05. The Labute approximate surface area is 84.0 Å². The third-order valence-corrected chi connectivity index (χ3v) is 2.10. The molecule has 1 rings (SSSR count). The summed E-state index contributed by atoms with van der Waals surface area (Å²) in [5.41, 5.74) is 1.73. The normalized spacial score (nSPS) is 10.3. The number of benzene rings is 1. The number of carbonyl (C=O) groups is 1. The SMILES string of the molecule is Cc1ccccc1N(C(=O)O)C(C)C. The molecule has 0 bridgehead atoms. The standard InChI is InChI=1S/C11H15NO2/c1-8(2)12(11(13)14)10-7-5-4-6-9(10)3/h4-8H,1-3H3,(H,13,14). The van der Waals surface area contributed by atoms with E-state index >= 15 is 0 Å². The van der Waals surface area contributed by atoms with E-state index in [1.807, 2.05) is 45.0 Å². The fourth-order valence-electron chi connectivity index (χ4n) is 1.44. The van der Waals surface area contributed by atoms with Crippen LogP contribution in [0.25, 0.3) is 0 Å². The molecule has 1 N–H and O–H groups in total. The van der Waals surface area contributed by atoms with Crippen LogP contribution in [0.1, 0.15) is 19.4 Å². The number of hydrogen-bond acceptors (Lipinski definition) is 1. The predicted octanol–water partition coefficient (Wildman–Crippen LogP) is 2.89. The van der Waals surface area contributed by atoms with E-state index in [2.05, 4.69) is 0 Å². The van der Waals surface area contributed by atoms with E-state index in [1.54, 1.807) is 0 Å². The second kappa shape index (κ2) is 4.13. The van der Waals surface area contributed by atoms with Crippen LogP contribution in [0.4, 0.5) is 10.5 Å². The maximum Gasteiger partial charge on any atom is 0.412 e. The van der Waals surface area contributed by atoms with Crippen LogP contribution in [0.3, 0.4) is 0 Å². The summed E-state index contributed by atoms with van der Waals surface area (Å²) in [6, 6.07) is 7.44. The summed E-state index contributed by atoms with van der Waals surface area (Å²) < 4.78 is 0. The predicted molar refractivity (Wildman–Crippen MR) is 56.8 cm³/mol. The van der Waals surface area contributed by atoms with Crippen LogP contribution in [-0.4, -0.2) is 17.2 Å². The van der Waals surface area contributed by atoms with Crippen LogP contribution in [0, 0.1) is 6.92 Å². The summed E-state index contributed by atoms with van der Waals surface area (Å²) in [6.07, 6.45) is -0.908. The summed E-state index contributed by atoms with van der Waals surface area (Å²) in [6.45, 7) is 5.63. The Balaban J connectivity index is 3.12. The van der Waals surface area contributed by atoms with E-state index in [-0.39, 0.29) is 6.04 Å². The van der Waals surface area contributed by atoms with E-state index in [1.165, 1.54) is 4.90 Å². The monoisotopic (exact) mass is 193 g/mol. The summed E-state index contributed by atoms with van der Waals surface area (Å²) >= 11 is 0. The van der Waals surface area contributed by atoms with Gasteiger partial charge in [0, 0.05) is 6.04 Å². The molecular weight excluding hydrogens is 178 g/mol. The van der Waals surface area contributed by atoms with E-state index in [9.17, 15) is 4.79 Å². The Kier molecular flexibility index (Phi) is 3.12. The summed E-state index contributed by atoms with van der Waals surface area (Å²) in [7, 11) is 0. The first kappa shape index (κ1) is 10.6. The molecule has 1 aromatic rings. The molecule has 0 radical (unpaired) electrons. The van der Waals surface area contributed by atoms with Gasteiger partial charge in [-0.25, -0.2) is 4.79 Å². The highest BCUT2D eigenvalue weighted by Gasteiger charge is 2.18. The Hall–Kier alpha value is -1.51. The number of hydrogen-bond donors (Lipinski definition) is 1. The van der Waals surface area contributed by atoms with Gasteiger partial charge in [0.05, 0.1) is 5.69 Å². The minimum atomic E-state index is -0.908. The molecular formula is C11H15NO2. The van der Waals surface area contributed by atoms with Gasteiger partial charge in [0.25, 0.3) is 0 Å². The summed E-state index contributed by atoms with van der Waals surface area (Å²) in [4.78, 5) is 12.4. The van der Waals surface area contributed by atoms with Crippen molar-refractivity contribution in [3.63, 3.8) is 0 Å². The van der Waals surface area contributed by atoms with Crippen molar-refractivity contribution in [1.82, 2.24) is 0 Å². The van der Waals surface area contributed by atoms with Crippen LogP contribution in [0.5, 0.6) is 0 Å². The smallest absolute Gasteiger partial charge is 0.412 e.